The third-order valence-electron chi connectivity index (χ3n) is 8.50. The Bertz CT molecular complexity index is 1650. The predicted molar refractivity (Wildman–Crippen MR) is 169 cm³/mol. The molecule has 0 bridgehead atoms. The van der Waals surface area contributed by atoms with E-state index in [4.69, 9.17) is 26.4 Å². The van der Waals surface area contributed by atoms with Gasteiger partial charge in [0.15, 0.2) is 5.65 Å². The molecule has 3 aliphatic rings. The number of benzene rings is 1. The molecule has 3 aliphatic heterocycles. The molecular weight excluding hydrogens is 590 g/mol. The molecule has 1 N–H and O–H groups in total. The molecular formula is C30H40ClN7O4S. The van der Waals surface area contributed by atoms with Crippen molar-refractivity contribution in [3.63, 3.8) is 0 Å². The maximum Gasteiger partial charge on any atom is 0.256 e. The highest BCUT2D eigenvalue weighted by Crippen LogP contribution is 2.38. The fraction of sp³-hybridized carbons (Fsp3) is 0.567. The Labute approximate surface area is 258 Å². The smallest absolute Gasteiger partial charge is 0.256 e. The van der Waals surface area contributed by atoms with E-state index in [0.29, 0.717) is 17.5 Å². The number of ether oxygens (including phenoxy) is 1. The highest BCUT2D eigenvalue weighted by atomic mass is 35.5. The summed E-state index contributed by atoms with van der Waals surface area (Å²) in [5.74, 6) is 2.33. The van der Waals surface area contributed by atoms with Crippen LogP contribution in [-0.2, 0) is 14.8 Å². The van der Waals surface area contributed by atoms with Gasteiger partial charge in [-0.3, -0.25) is 9.52 Å². The van der Waals surface area contributed by atoms with Crippen LogP contribution in [0.15, 0.2) is 24.3 Å². The van der Waals surface area contributed by atoms with Crippen molar-refractivity contribution in [3.05, 3.63) is 46.1 Å². The SMILES string of the molecule is Cc1c(N2CC(C)C2)nc2cc([C@@H]3CCCCN3C(=O)c3cc(Cl)ccc3NS(C)(=O)=O)nn2c1N1C[C@@H](C)O[C@@H](C)C1. The van der Waals surface area contributed by atoms with E-state index in [-0.39, 0.29) is 35.4 Å². The summed E-state index contributed by atoms with van der Waals surface area (Å²) in [6, 6.07) is 6.34. The van der Waals surface area contributed by atoms with Crippen molar-refractivity contribution >= 4 is 50.5 Å². The highest BCUT2D eigenvalue weighted by molar-refractivity contribution is 7.92. The number of sulfonamides is 1. The molecule has 0 spiro atoms. The van der Waals surface area contributed by atoms with Gasteiger partial charge in [-0.15, -0.1) is 0 Å². The van der Waals surface area contributed by atoms with Crippen LogP contribution in [-0.4, -0.2) is 85.0 Å². The molecule has 6 rings (SSSR count). The number of carbonyl (C=O) groups is 1. The van der Waals surface area contributed by atoms with Crippen molar-refractivity contribution < 1.29 is 17.9 Å². The van der Waals surface area contributed by atoms with E-state index >= 15 is 0 Å². The van der Waals surface area contributed by atoms with Crippen LogP contribution in [0, 0.1) is 12.8 Å². The zero-order chi connectivity index (χ0) is 30.6. The number of hydrogen-bond acceptors (Lipinski definition) is 8. The molecule has 0 unspecified atom stereocenters. The van der Waals surface area contributed by atoms with E-state index in [9.17, 15) is 13.2 Å². The first-order valence-corrected chi connectivity index (χ1v) is 17.3. The molecule has 3 saturated heterocycles. The second kappa shape index (κ2) is 11.4. The maximum absolute atomic E-state index is 14.1. The summed E-state index contributed by atoms with van der Waals surface area (Å²) in [5, 5.41) is 5.49. The second-order valence-corrected chi connectivity index (χ2v) is 14.7. The van der Waals surface area contributed by atoms with Crippen molar-refractivity contribution in [3.8, 4) is 0 Å². The Balaban J connectivity index is 1.42. The van der Waals surface area contributed by atoms with Gasteiger partial charge in [-0.1, -0.05) is 18.5 Å². The quantitative estimate of drug-likeness (QED) is 0.424. The number of hydrogen-bond donors (Lipinski definition) is 1. The number of fused-ring (bicyclic) bond motifs is 1. The van der Waals surface area contributed by atoms with Crippen LogP contribution >= 0.6 is 11.6 Å². The Kier molecular flexibility index (Phi) is 7.97. The van der Waals surface area contributed by atoms with E-state index in [0.717, 1.165) is 80.2 Å². The summed E-state index contributed by atoms with van der Waals surface area (Å²) >= 11 is 6.28. The number of rotatable bonds is 6. The largest absolute Gasteiger partial charge is 0.372 e. The Morgan fingerprint density at radius 1 is 1.05 bits per heavy atom. The molecule has 2 aromatic heterocycles. The van der Waals surface area contributed by atoms with Gasteiger partial charge in [-0.05, 0) is 64.2 Å². The second-order valence-electron chi connectivity index (χ2n) is 12.5. The number of carbonyl (C=O) groups excluding carboxylic acids is 1. The third kappa shape index (κ3) is 6.01. The number of likely N-dealkylation sites (tertiary alicyclic amines) is 1. The van der Waals surface area contributed by atoms with Crippen molar-refractivity contribution in [1.82, 2.24) is 19.5 Å². The van der Waals surface area contributed by atoms with Gasteiger partial charge in [0.05, 0.1) is 41.5 Å². The van der Waals surface area contributed by atoms with Gasteiger partial charge in [0.1, 0.15) is 11.6 Å². The summed E-state index contributed by atoms with van der Waals surface area (Å²) in [6.45, 7) is 12.5. The molecule has 0 radical (unpaired) electrons. The number of morpholine rings is 1. The van der Waals surface area contributed by atoms with Crippen LogP contribution in [0.1, 0.15) is 67.7 Å². The molecule has 232 valence electrons. The van der Waals surface area contributed by atoms with Crippen LogP contribution in [0.2, 0.25) is 5.02 Å². The number of halogens is 1. The molecule has 3 fully saturated rings. The Morgan fingerprint density at radius 3 is 2.44 bits per heavy atom. The van der Waals surface area contributed by atoms with Crippen LogP contribution in [0.3, 0.4) is 0 Å². The number of nitrogens with one attached hydrogen (secondary N) is 1. The van der Waals surface area contributed by atoms with Crippen molar-refractivity contribution in [1.29, 1.82) is 0 Å². The summed E-state index contributed by atoms with van der Waals surface area (Å²) < 4.78 is 34.6. The standard InChI is InChI=1S/C30H40ClN7O4S/c1-18-14-35(15-18)28-21(4)29(36-16-19(2)42-20(3)17-36)38-27(32-28)13-25(33-38)26-8-6-7-11-37(26)30(39)23-12-22(31)9-10-24(23)34-43(5,40)41/h9-10,12-13,18-20,26,34H,6-8,11,14-17H2,1-5H3/t19-,20+,26-/m0/s1. The number of piperidine rings is 1. The first-order valence-electron chi connectivity index (χ1n) is 15.0. The molecule has 11 nitrogen and oxygen atoms in total. The Hall–Kier alpha value is -3.09. The molecule has 13 heteroatoms. The minimum Gasteiger partial charge on any atom is -0.372 e. The molecule has 3 atom stereocenters. The number of amides is 1. The number of nitrogens with zero attached hydrogens (tertiary/aromatic N) is 6. The average Bonchev–Trinajstić information content (AvgIpc) is 3.34. The van der Waals surface area contributed by atoms with Crippen molar-refractivity contribution in [2.75, 3.05) is 53.5 Å². The fourth-order valence-corrected chi connectivity index (χ4v) is 7.51. The normalized spacial score (nSPS) is 23.5. The Morgan fingerprint density at radius 2 is 1.77 bits per heavy atom. The first-order chi connectivity index (χ1) is 20.4. The lowest BCUT2D eigenvalue weighted by Crippen LogP contribution is -2.48. The van der Waals surface area contributed by atoms with Crippen molar-refractivity contribution in [2.45, 2.75) is 65.2 Å². The van der Waals surface area contributed by atoms with Crippen LogP contribution in [0.5, 0.6) is 0 Å². The van der Waals surface area contributed by atoms with E-state index in [1.54, 1.807) is 11.0 Å². The zero-order valence-corrected chi connectivity index (χ0v) is 27.0. The van der Waals surface area contributed by atoms with Gasteiger partial charge in [-0.2, -0.15) is 9.61 Å². The summed E-state index contributed by atoms with van der Waals surface area (Å²) in [5.41, 5.74) is 3.03. The minimum atomic E-state index is -3.60. The van der Waals surface area contributed by atoms with Gasteiger partial charge in [0.25, 0.3) is 5.91 Å². The van der Waals surface area contributed by atoms with E-state index in [1.807, 2.05) is 10.6 Å². The molecule has 5 heterocycles. The monoisotopic (exact) mass is 629 g/mol. The topological polar surface area (TPSA) is 112 Å². The van der Waals surface area contributed by atoms with Gasteiger partial charge in [0.2, 0.25) is 10.0 Å². The maximum atomic E-state index is 14.1. The van der Waals surface area contributed by atoms with Crippen LogP contribution in [0.25, 0.3) is 5.65 Å². The van der Waals surface area contributed by atoms with Crippen LogP contribution < -0.4 is 14.5 Å². The molecule has 0 aliphatic carbocycles. The molecule has 0 saturated carbocycles. The van der Waals surface area contributed by atoms with E-state index in [1.165, 1.54) is 12.1 Å². The zero-order valence-electron chi connectivity index (χ0n) is 25.4. The van der Waals surface area contributed by atoms with Gasteiger partial charge in [-0.25, -0.2) is 13.4 Å². The first kappa shape index (κ1) is 30.0. The van der Waals surface area contributed by atoms with Crippen molar-refractivity contribution in [2.24, 2.45) is 5.92 Å². The lowest BCUT2D eigenvalue weighted by molar-refractivity contribution is -0.00561. The fourth-order valence-electron chi connectivity index (χ4n) is 6.76. The lowest BCUT2D eigenvalue weighted by atomic mass is 9.98. The molecule has 3 aromatic rings. The van der Waals surface area contributed by atoms with E-state index < -0.39 is 10.0 Å². The molecule has 1 aromatic carbocycles. The van der Waals surface area contributed by atoms with Crippen LogP contribution in [0.4, 0.5) is 17.3 Å². The summed E-state index contributed by atoms with van der Waals surface area (Å²) in [4.78, 5) is 25.7. The molecule has 1 amide bonds. The number of anilines is 3. The van der Waals surface area contributed by atoms with Gasteiger partial charge < -0.3 is 19.4 Å². The highest BCUT2D eigenvalue weighted by Gasteiger charge is 2.35. The minimum absolute atomic E-state index is 0.0766. The number of aromatic nitrogens is 3. The average molecular weight is 630 g/mol. The summed E-state index contributed by atoms with van der Waals surface area (Å²) in [6.07, 6.45) is 3.74. The third-order valence-corrected chi connectivity index (χ3v) is 9.32. The lowest BCUT2D eigenvalue weighted by Gasteiger charge is -2.41. The van der Waals surface area contributed by atoms with Gasteiger partial charge in [0, 0.05) is 49.4 Å². The molecule has 43 heavy (non-hydrogen) atoms. The van der Waals surface area contributed by atoms with E-state index in [2.05, 4.69) is 42.2 Å². The predicted octanol–water partition coefficient (Wildman–Crippen LogP) is 4.50. The van der Waals surface area contributed by atoms with Gasteiger partial charge >= 0.3 is 0 Å². The summed E-state index contributed by atoms with van der Waals surface area (Å²) in [7, 11) is -3.60.